The second-order valence-electron chi connectivity index (χ2n) is 6.69. The lowest BCUT2D eigenvalue weighted by atomic mass is 9.78. The molecule has 1 saturated heterocycles. The Kier molecular flexibility index (Phi) is 3.36. The van der Waals surface area contributed by atoms with Crippen LogP contribution in [0.1, 0.15) is 33.3 Å². The molecule has 1 aliphatic heterocycles. The van der Waals surface area contributed by atoms with E-state index in [1.54, 1.807) is 0 Å². The van der Waals surface area contributed by atoms with Gasteiger partial charge in [0.2, 0.25) is 0 Å². The Labute approximate surface area is 126 Å². The van der Waals surface area contributed by atoms with E-state index in [-0.39, 0.29) is 24.9 Å². The van der Waals surface area contributed by atoms with Gasteiger partial charge in [0.15, 0.2) is 0 Å². The van der Waals surface area contributed by atoms with Crippen molar-refractivity contribution in [3.05, 3.63) is 42.0 Å². The molecule has 0 aromatic heterocycles. The van der Waals surface area contributed by atoms with Crippen LogP contribution in [0, 0.1) is 0 Å². The highest BCUT2D eigenvalue weighted by molar-refractivity contribution is 6.62. The molecule has 0 radical (unpaired) electrons. The van der Waals surface area contributed by atoms with E-state index < -0.39 is 0 Å². The van der Waals surface area contributed by atoms with Gasteiger partial charge < -0.3 is 14.4 Å². The smallest absolute Gasteiger partial charge is 0.399 e. The van der Waals surface area contributed by atoms with Crippen LogP contribution in [0.2, 0.25) is 0 Å². The lowest BCUT2D eigenvalue weighted by Crippen LogP contribution is -2.41. The topological polar surface area (TPSA) is 38.7 Å². The van der Waals surface area contributed by atoms with E-state index in [2.05, 4.69) is 39.8 Å². The Morgan fingerprint density at radius 2 is 1.48 bits per heavy atom. The molecule has 21 heavy (non-hydrogen) atoms. The molecule has 0 amide bonds. The average Bonchev–Trinajstić information content (AvgIpc) is 2.66. The summed E-state index contributed by atoms with van der Waals surface area (Å²) in [6.45, 7) is 8.29. The molecular weight excluding hydrogens is 263 g/mol. The molecule has 0 bridgehead atoms. The summed E-state index contributed by atoms with van der Waals surface area (Å²) in [6, 6.07) is 12.1. The third kappa shape index (κ3) is 2.48. The molecular formula is C17H21BO3. The third-order valence-corrected chi connectivity index (χ3v) is 4.64. The van der Waals surface area contributed by atoms with Gasteiger partial charge in [-0.1, -0.05) is 30.3 Å². The highest BCUT2D eigenvalue weighted by atomic mass is 16.7. The van der Waals surface area contributed by atoms with Crippen molar-refractivity contribution in [1.29, 1.82) is 0 Å². The van der Waals surface area contributed by atoms with Gasteiger partial charge in [0, 0.05) is 0 Å². The van der Waals surface area contributed by atoms with Crippen LogP contribution in [0.5, 0.6) is 0 Å². The maximum absolute atomic E-state index is 9.20. The molecule has 0 aliphatic carbocycles. The van der Waals surface area contributed by atoms with E-state index in [4.69, 9.17) is 9.31 Å². The predicted molar refractivity (Wildman–Crippen MR) is 85.6 cm³/mol. The first-order chi connectivity index (χ1) is 9.82. The van der Waals surface area contributed by atoms with Crippen LogP contribution in [-0.4, -0.2) is 23.4 Å². The van der Waals surface area contributed by atoms with Crippen molar-refractivity contribution in [2.75, 3.05) is 0 Å². The highest BCUT2D eigenvalue weighted by Crippen LogP contribution is 2.36. The van der Waals surface area contributed by atoms with E-state index in [9.17, 15) is 5.11 Å². The SMILES string of the molecule is CC1(C)OB(c2ccc3cc(CO)ccc3c2)OC1(C)C. The number of hydrogen-bond donors (Lipinski definition) is 1. The summed E-state index contributed by atoms with van der Waals surface area (Å²) in [7, 11) is -0.336. The zero-order chi connectivity index (χ0) is 15.3. The minimum atomic E-state index is -0.336. The summed E-state index contributed by atoms with van der Waals surface area (Å²) in [6.07, 6.45) is 0. The minimum absolute atomic E-state index is 0.0644. The highest BCUT2D eigenvalue weighted by Gasteiger charge is 2.51. The van der Waals surface area contributed by atoms with Crippen molar-refractivity contribution in [1.82, 2.24) is 0 Å². The molecule has 2 aromatic carbocycles. The van der Waals surface area contributed by atoms with Gasteiger partial charge in [-0.3, -0.25) is 0 Å². The summed E-state index contributed by atoms with van der Waals surface area (Å²) >= 11 is 0. The maximum Gasteiger partial charge on any atom is 0.494 e. The largest absolute Gasteiger partial charge is 0.494 e. The van der Waals surface area contributed by atoms with Crippen LogP contribution in [0.4, 0.5) is 0 Å². The average molecular weight is 284 g/mol. The number of hydrogen-bond acceptors (Lipinski definition) is 3. The van der Waals surface area contributed by atoms with Crippen LogP contribution in [0.15, 0.2) is 36.4 Å². The van der Waals surface area contributed by atoms with Crippen LogP contribution < -0.4 is 5.46 Å². The predicted octanol–water partition coefficient (Wildman–Crippen LogP) is 2.63. The Balaban J connectivity index is 1.96. The molecule has 1 heterocycles. The van der Waals surface area contributed by atoms with Gasteiger partial charge in [0.1, 0.15) is 0 Å². The van der Waals surface area contributed by atoms with Crippen LogP contribution in [0.3, 0.4) is 0 Å². The number of aliphatic hydroxyl groups is 1. The molecule has 1 fully saturated rings. The van der Waals surface area contributed by atoms with Crippen LogP contribution in [0.25, 0.3) is 10.8 Å². The first kappa shape index (κ1) is 14.6. The number of aliphatic hydroxyl groups excluding tert-OH is 1. The van der Waals surface area contributed by atoms with Crippen molar-refractivity contribution >= 4 is 23.4 Å². The summed E-state index contributed by atoms with van der Waals surface area (Å²) in [5.74, 6) is 0. The molecule has 4 heteroatoms. The van der Waals surface area contributed by atoms with Gasteiger partial charge in [-0.15, -0.1) is 0 Å². The molecule has 1 N–H and O–H groups in total. The van der Waals surface area contributed by atoms with Gasteiger partial charge >= 0.3 is 7.12 Å². The fraction of sp³-hybridized carbons (Fsp3) is 0.412. The maximum atomic E-state index is 9.20. The first-order valence-corrected chi connectivity index (χ1v) is 7.31. The fourth-order valence-electron chi connectivity index (χ4n) is 2.54. The molecule has 0 saturated carbocycles. The molecule has 0 unspecified atom stereocenters. The van der Waals surface area contributed by atoms with Crippen molar-refractivity contribution in [2.24, 2.45) is 0 Å². The standard InChI is InChI=1S/C17H21BO3/c1-16(2)17(3,4)21-18(20-16)15-8-7-13-9-12(11-19)5-6-14(13)10-15/h5-10,19H,11H2,1-4H3. The monoisotopic (exact) mass is 284 g/mol. The minimum Gasteiger partial charge on any atom is -0.399 e. The Bertz CT molecular complexity index is 663. The summed E-state index contributed by atoms with van der Waals surface area (Å²) in [5, 5.41) is 11.4. The van der Waals surface area contributed by atoms with Gasteiger partial charge in [0.25, 0.3) is 0 Å². The second kappa shape index (κ2) is 4.84. The number of benzene rings is 2. The van der Waals surface area contributed by atoms with Crippen molar-refractivity contribution in [3.8, 4) is 0 Å². The van der Waals surface area contributed by atoms with Gasteiger partial charge in [-0.2, -0.15) is 0 Å². The summed E-state index contributed by atoms with van der Waals surface area (Å²) in [5.41, 5.74) is 1.30. The quantitative estimate of drug-likeness (QED) is 0.862. The molecule has 110 valence electrons. The van der Waals surface area contributed by atoms with Gasteiger partial charge in [-0.05, 0) is 55.6 Å². The van der Waals surface area contributed by atoms with Crippen molar-refractivity contribution in [3.63, 3.8) is 0 Å². The third-order valence-electron chi connectivity index (χ3n) is 4.64. The fourth-order valence-corrected chi connectivity index (χ4v) is 2.54. The van der Waals surface area contributed by atoms with Crippen molar-refractivity contribution in [2.45, 2.75) is 45.5 Å². The van der Waals surface area contributed by atoms with Gasteiger partial charge in [0.05, 0.1) is 17.8 Å². The number of rotatable bonds is 2. The lowest BCUT2D eigenvalue weighted by Gasteiger charge is -2.32. The summed E-state index contributed by atoms with van der Waals surface area (Å²) < 4.78 is 12.2. The zero-order valence-corrected chi connectivity index (χ0v) is 13.0. The molecule has 3 rings (SSSR count). The van der Waals surface area contributed by atoms with E-state index in [1.807, 2.05) is 24.3 Å². The zero-order valence-electron chi connectivity index (χ0n) is 13.0. The molecule has 2 aromatic rings. The Morgan fingerprint density at radius 1 is 0.905 bits per heavy atom. The lowest BCUT2D eigenvalue weighted by molar-refractivity contribution is 0.00578. The Hall–Kier alpha value is -1.36. The Morgan fingerprint density at radius 3 is 2.10 bits per heavy atom. The molecule has 3 nitrogen and oxygen atoms in total. The van der Waals surface area contributed by atoms with Crippen LogP contribution >= 0.6 is 0 Å². The van der Waals surface area contributed by atoms with E-state index in [1.165, 1.54) is 0 Å². The van der Waals surface area contributed by atoms with Gasteiger partial charge in [-0.25, -0.2) is 0 Å². The molecule has 1 aliphatic rings. The van der Waals surface area contributed by atoms with E-state index >= 15 is 0 Å². The number of fused-ring (bicyclic) bond motifs is 1. The summed E-state index contributed by atoms with van der Waals surface area (Å²) in [4.78, 5) is 0. The van der Waals surface area contributed by atoms with E-state index in [0.29, 0.717) is 0 Å². The normalized spacial score (nSPS) is 20.1. The van der Waals surface area contributed by atoms with E-state index in [0.717, 1.165) is 21.8 Å². The second-order valence-corrected chi connectivity index (χ2v) is 6.69. The molecule has 0 spiro atoms. The van der Waals surface area contributed by atoms with Crippen LogP contribution in [-0.2, 0) is 15.9 Å². The molecule has 0 atom stereocenters. The first-order valence-electron chi connectivity index (χ1n) is 7.31. The van der Waals surface area contributed by atoms with Crippen molar-refractivity contribution < 1.29 is 14.4 Å².